The molecule has 0 aromatic heterocycles. The molecule has 1 aliphatic rings. The fraction of sp³-hybridized carbons (Fsp3) is 0.238. The summed E-state index contributed by atoms with van der Waals surface area (Å²) in [6.07, 6.45) is 0. The van der Waals surface area contributed by atoms with E-state index < -0.39 is 23.0 Å². The quantitative estimate of drug-likeness (QED) is 0.409. The second-order valence-corrected chi connectivity index (χ2v) is 6.58. The van der Waals surface area contributed by atoms with Crippen molar-refractivity contribution in [2.75, 3.05) is 6.61 Å². The zero-order chi connectivity index (χ0) is 21.7. The van der Waals surface area contributed by atoms with Gasteiger partial charge in [0.1, 0.15) is 12.4 Å². The first-order valence-corrected chi connectivity index (χ1v) is 9.30. The Labute approximate surface area is 172 Å². The summed E-state index contributed by atoms with van der Waals surface area (Å²) in [4.78, 5) is 34.7. The highest BCUT2D eigenvalue weighted by molar-refractivity contribution is 5.95. The van der Waals surface area contributed by atoms with Crippen LogP contribution in [0, 0.1) is 10.1 Å². The molecule has 1 aliphatic heterocycles. The van der Waals surface area contributed by atoms with Gasteiger partial charge in [0.2, 0.25) is 0 Å². The maximum Gasteiger partial charge on any atom is 0.338 e. The lowest BCUT2D eigenvalue weighted by Crippen LogP contribution is -2.45. The molecule has 2 aromatic rings. The van der Waals surface area contributed by atoms with Crippen LogP contribution in [0.4, 0.5) is 10.5 Å². The Balaban J connectivity index is 1.79. The SMILES string of the molecule is CCOC(=O)C1=C(C)NC(=O)NC1c1cccc(OCc2ccc([N+](=O)[O-])cc2)c1. The van der Waals surface area contributed by atoms with Crippen molar-refractivity contribution in [3.05, 3.63) is 81.0 Å². The summed E-state index contributed by atoms with van der Waals surface area (Å²) < 4.78 is 10.9. The molecule has 156 valence electrons. The second kappa shape index (κ2) is 9.08. The number of nitrogens with zero attached hydrogens (tertiary/aromatic N) is 1. The molecule has 30 heavy (non-hydrogen) atoms. The Kier molecular flexibility index (Phi) is 6.31. The van der Waals surface area contributed by atoms with Gasteiger partial charge in [0.25, 0.3) is 5.69 Å². The summed E-state index contributed by atoms with van der Waals surface area (Å²) in [6.45, 7) is 3.78. The monoisotopic (exact) mass is 411 g/mol. The molecule has 0 saturated carbocycles. The summed E-state index contributed by atoms with van der Waals surface area (Å²) in [5.74, 6) is 0.0178. The van der Waals surface area contributed by atoms with Crippen molar-refractivity contribution in [2.24, 2.45) is 0 Å². The van der Waals surface area contributed by atoms with E-state index in [0.717, 1.165) is 5.56 Å². The number of nitro benzene ring substituents is 1. The molecule has 0 aliphatic carbocycles. The van der Waals surface area contributed by atoms with Crippen LogP contribution in [0.2, 0.25) is 0 Å². The minimum absolute atomic E-state index is 0.0102. The normalized spacial score (nSPS) is 15.8. The van der Waals surface area contributed by atoms with Gasteiger partial charge in [-0.05, 0) is 49.2 Å². The summed E-state index contributed by atoms with van der Waals surface area (Å²) in [6, 6.07) is 12.0. The molecule has 0 spiro atoms. The van der Waals surface area contributed by atoms with E-state index in [9.17, 15) is 19.7 Å². The van der Waals surface area contributed by atoms with Crippen LogP contribution in [-0.4, -0.2) is 23.5 Å². The largest absolute Gasteiger partial charge is 0.489 e. The highest BCUT2D eigenvalue weighted by Gasteiger charge is 2.32. The van der Waals surface area contributed by atoms with Gasteiger partial charge in [-0.25, -0.2) is 9.59 Å². The lowest BCUT2D eigenvalue weighted by Gasteiger charge is -2.28. The Hall–Kier alpha value is -3.88. The van der Waals surface area contributed by atoms with Gasteiger partial charge in [-0.1, -0.05) is 12.1 Å². The molecule has 3 rings (SSSR count). The van der Waals surface area contributed by atoms with Crippen LogP contribution in [-0.2, 0) is 16.1 Å². The second-order valence-electron chi connectivity index (χ2n) is 6.58. The molecule has 9 heteroatoms. The minimum Gasteiger partial charge on any atom is -0.489 e. The molecule has 0 radical (unpaired) electrons. The predicted molar refractivity (Wildman–Crippen MR) is 108 cm³/mol. The number of carbonyl (C=O) groups is 2. The number of nitro groups is 1. The number of carbonyl (C=O) groups excluding carboxylic acids is 2. The van der Waals surface area contributed by atoms with E-state index in [1.54, 1.807) is 50.2 Å². The van der Waals surface area contributed by atoms with E-state index >= 15 is 0 Å². The number of non-ortho nitro benzene ring substituents is 1. The van der Waals surface area contributed by atoms with Crippen LogP contribution in [0.25, 0.3) is 0 Å². The first-order valence-electron chi connectivity index (χ1n) is 9.30. The highest BCUT2D eigenvalue weighted by atomic mass is 16.6. The number of hydrogen-bond acceptors (Lipinski definition) is 6. The lowest BCUT2D eigenvalue weighted by molar-refractivity contribution is -0.384. The molecule has 1 unspecified atom stereocenters. The van der Waals surface area contributed by atoms with E-state index in [1.165, 1.54) is 12.1 Å². The molecule has 2 amide bonds. The maximum atomic E-state index is 12.4. The van der Waals surface area contributed by atoms with E-state index in [-0.39, 0.29) is 18.9 Å². The number of urea groups is 1. The molecule has 2 aromatic carbocycles. The van der Waals surface area contributed by atoms with E-state index in [1.807, 2.05) is 0 Å². The van der Waals surface area contributed by atoms with Gasteiger partial charge in [0, 0.05) is 17.8 Å². The van der Waals surface area contributed by atoms with Crippen molar-refractivity contribution >= 4 is 17.7 Å². The zero-order valence-electron chi connectivity index (χ0n) is 16.5. The Bertz CT molecular complexity index is 1000. The zero-order valence-corrected chi connectivity index (χ0v) is 16.5. The Morgan fingerprint density at radius 2 is 1.93 bits per heavy atom. The number of esters is 1. The van der Waals surface area contributed by atoms with E-state index in [2.05, 4.69) is 10.6 Å². The number of allylic oxidation sites excluding steroid dienone is 1. The predicted octanol–water partition coefficient (Wildman–Crippen LogP) is 3.36. The van der Waals surface area contributed by atoms with Crippen molar-refractivity contribution in [3.63, 3.8) is 0 Å². The summed E-state index contributed by atoms with van der Waals surface area (Å²) in [5, 5.41) is 16.1. The molecule has 1 atom stereocenters. The van der Waals surface area contributed by atoms with Gasteiger partial charge in [0.05, 0.1) is 23.1 Å². The summed E-state index contributed by atoms with van der Waals surface area (Å²) >= 11 is 0. The number of benzene rings is 2. The van der Waals surface area contributed by atoms with Gasteiger partial charge in [0.15, 0.2) is 0 Å². The van der Waals surface area contributed by atoms with Crippen LogP contribution in [0.3, 0.4) is 0 Å². The van der Waals surface area contributed by atoms with Gasteiger partial charge in [-0.3, -0.25) is 10.1 Å². The minimum atomic E-state index is -0.680. The third-order valence-corrected chi connectivity index (χ3v) is 4.51. The fourth-order valence-corrected chi connectivity index (χ4v) is 3.09. The maximum absolute atomic E-state index is 12.4. The van der Waals surface area contributed by atoms with E-state index in [0.29, 0.717) is 22.6 Å². The Morgan fingerprint density at radius 3 is 2.60 bits per heavy atom. The molecule has 0 saturated heterocycles. The number of nitrogens with one attached hydrogen (secondary N) is 2. The summed E-state index contributed by atoms with van der Waals surface area (Å²) in [7, 11) is 0. The Morgan fingerprint density at radius 1 is 1.20 bits per heavy atom. The van der Waals surface area contributed by atoms with Crippen molar-refractivity contribution in [1.29, 1.82) is 0 Å². The number of hydrogen-bond donors (Lipinski definition) is 2. The average Bonchev–Trinajstić information content (AvgIpc) is 2.72. The lowest BCUT2D eigenvalue weighted by atomic mass is 9.95. The third-order valence-electron chi connectivity index (χ3n) is 4.51. The first kappa shape index (κ1) is 20.8. The van der Waals surface area contributed by atoms with Crippen LogP contribution in [0.15, 0.2) is 59.8 Å². The van der Waals surface area contributed by atoms with Crippen LogP contribution >= 0.6 is 0 Å². The molecule has 2 N–H and O–H groups in total. The highest BCUT2D eigenvalue weighted by Crippen LogP contribution is 2.30. The average molecular weight is 411 g/mol. The van der Waals surface area contributed by atoms with Crippen LogP contribution in [0.1, 0.15) is 31.0 Å². The van der Waals surface area contributed by atoms with E-state index in [4.69, 9.17) is 9.47 Å². The molecule has 1 heterocycles. The van der Waals surface area contributed by atoms with Crippen LogP contribution in [0.5, 0.6) is 5.75 Å². The van der Waals surface area contributed by atoms with Crippen molar-refractivity contribution in [1.82, 2.24) is 10.6 Å². The topological polar surface area (TPSA) is 120 Å². The summed E-state index contributed by atoms with van der Waals surface area (Å²) in [5.41, 5.74) is 2.19. The van der Waals surface area contributed by atoms with Gasteiger partial charge in [-0.15, -0.1) is 0 Å². The van der Waals surface area contributed by atoms with Crippen molar-refractivity contribution < 1.29 is 24.0 Å². The van der Waals surface area contributed by atoms with Gasteiger partial charge in [-0.2, -0.15) is 0 Å². The molecular formula is C21H21N3O6. The molecule has 0 bridgehead atoms. The smallest absolute Gasteiger partial charge is 0.338 e. The van der Waals surface area contributed by atoms with Gasteiger partial charge >= 0.3 is 12.0 Å². The standard InChI is InChI=1S/C21H21N3O6/c1-3-29-20(25)18-13(2)22-21(26)23-19(18)15-5-4-6-17(11-15)30-12-14-7-9-16(10-8-14)24(27)28/h4-11,19H,3,12H2,1-2H3,(H2,22,23,26). The molecule has 9 nitrogen and oxygen atoms in total. The third kappa shape index (κ3) is 4.75. The molecular weight excluding hydrogens is 390 g/mol. The number of ether oxygens (including phenoxy) is 2. The first-order chi connectivity index (χ1) is 14.4. The fourth-order valence-electron chi connectivity index (χ4n) is 3.09. The number of rotatable bonds is 7. The van der Waals surface area contributed by atoms with Crippen molar-refractivity contribution in [3.8, 4) is 5.75 Å². The van der Waals surface area contributed by atoms with Crippen LogP contribution < -0.4 is 15.4 Å². The van der Waals surface area contributed by atoms with Crippen molar-refractivity contribution in [2.45, 2.75) is 26.5 Å². The number of amides is 2. The molecule has 0 fully saturated rings. The van der Waals surface area contributed by atoms with Gasteiger partial charge < -0.3 is 20.1 Å².